The van der Waals surface area contributed by atoms with E-state index in [9.17, 15) is 23.2 Å². The second-order valence-electron chi connectivity index (χ2n) is 6.61. The van der Waals surface area contributed by atoms with Gasteiger partial charge in [-0.25, -0.2) is 0 Å². The third kappa shape index (κ3) is 3.71. The lowest BCUT2D eigenvalue weighted by molar-refractivity contribution is -0.121. The molecule has 0 aromatic heterocycles. The molecule has 8 heteroatoms. The average molecular weight is 388 g/mol. The number of imide groups is 1. The highest BCUT2D eigenvalue weighted by molar-refractivity contribution is 6.23. The SMILES string of the molecule is CC(C)C(C(=O)Nc1cccc(OC(F)F)c1)N1C(=O)c2ccccc2C1=O. The topological polar surface area (TPSA) is 75.7 Å². The zero-order valence-corrected chi connectivity index (χ0v) is 15.2. The maximum Gasteiger partial charge on any atom is 0.387 e. The molecule has 1 atom stereocenters. The van der Waals surface area contributed by atoms with Crippen LogP contribution in [0.5, 0.6) is 5.75 Å². The molecule has 0 radical (unpaired) electrons. The summed E-state index contributed by atoms with van der Waals surface area (Å²) in [6.45, 7) is 0.432. The molecule has 1 aliphatic heterocycles. The van der Waals surface area contributed by atoms with Crippen LogP contribution in [0.25, 0.3) is 0 Å². The van der Waals surface area contributed by atoms with E-state index in [1.54, 1.807) is 26.0 Å². The van der Waals surface area contributed by atoms with Gasteiger partial charge in [0.05, 0.1) is 11.1 Å². The summed E-state index contributed by atoms with van der Waals surface area (Å²) in [5.74, 6) is -2.16. The van der Waals surface area contributed by atoms with Crippen LogP contribution in [0.4, 0.5) is 14.5 Å². The van der Waals surface area contributed by atoms with E-state index in [1.807, 2.05) is 0 Å². The summed E-state index contributed by atoms with van der Waals surface area (Å²) in [5.41, 5.74) is 0.710. The molecule has 3 rings (SSSR count). The predicted octanol–water partition coefficient (Wildman–Crippen LogP) is 3.55. The first kappa shape index (κ1) is 19.5. The van der Waals surface area contributed by atoms with Crippen molar-refractivity contribution in [1.82, 2.24) is 4.90 Å². The van der Waals surface area contributed by atoms with Crippen molar-refractivity contribution >= 4 is 23.4 Å². The number of ether oxygens (including phenoxy) is 1. The van der Waals surface area contributed by atoms with Crippen molar-refractivity contribution in [3.8, 4) is 5.75 Å². The summed E-state index contributed by atoms with van der Waals surface area (Å²) in [4.78, 5) is 39.2. The first-order chi connectivity index (χ1) is 13.3. The van der Waals surface area contributed by atoms with Crippen LogP contribution in [0.1, 0.15) is 34.6 Å². The van der Waals surface area contributed by atoms with Crippen molar-refractivity contribution in [2.75, 3.05) is 5.32 Å². The fourth-order valence-corrected chi connectivity index (χ4v) is 3.14. The number of carbonyl (C=O) groups excluding carboxylic acids is 3. The van der Waals surface area contributed by atoms with E-state index in [-0.39, 0.29) is 28.5 Å². The summed E-state index contributed by atoms with van der Waals surface area (Å²) >= 11 is 0. The van der Waals surface area contributed by atoms with Crippen molar-refractivity contribution in [1.29, 1.82) is 0 Å². The maximum atomic E-state index is 12.9. The van der Waals surface area contributed by atoms with Crippen molar-refractivity contribution in [2.24, 2.45) is 5.92 Å². The Kier molecular flexibility index (Phi) is 5.39. The fraction of sp³-hybridized carbons (Fsp3) is 0.250. The number of alkyl halides is 2. The van der Waals surface area contributed by atoms with Gasteiger partial charge in [-0.2, -0.15) is 8.78 Å². The number of hydrogen-bond acceptors (Lipinski definition) is 4. The van der Waals surface area contributed by atoms with Gasteiger partial charge >= 0.3 is 6.61 Å². The third-order valence-corrected chi connectivity index (χ3v) is 4.33. The van der Waals surface area contributed by atoms with Crippen molar-refractivity contribution in [2.45, 2.75) is 26.5 Å². The van der Waals surface area contributed by atoms with E-state index in [4.69, 9.17) is 0 Å². The molecule has 0 bridgehead atoms. The number of nitrogens with zero attached hydrogens (tertiary/aromatic N) is 1. The Morgan fingerprint density at radius 1 is 1.00 bits per heavy atom. The maximum absolute atomic E-state index is 12.9. The molecule has 0 spiro atoms. The van der Waals surface area contributed by atoms with Crippen LogP contribution < -0.4 is 10.1 Å². The highest BCUT2D eigenvalue weighted by atomic mass is 19.3. The summed E-state index contributed by atoms with van der Waals surface area (Å²) < 4.78 is 29.1. The molecule has 3 amide bonds. The molecule has 1 unspecified atom stereocenters. The Morgan fingerprint density at radius 2 is 1.61 bits per heavy atom. The molecule has 146 valence electrons. The second-order valence-corrected chi connectivity index (χ2v) is 6.61. The molecule has 0 fully saturated rings. The molecule has 1 heterocycles. The zero-order valence-electron chi connectivity index (χ0n) is 15.2. The number of carbonyl (C=O) groups is 3. The molecule has 2 aromatic rings. The molecule has 1 N–H and O–H groups in total. The number of fused-ring (bicyclic) bond motifs is 1. The van der Waals surface area contributed by atoms with Gasteiger partial charge in [-0.15, -0.1) is 0 Å². The molecule has 0 saturated carbocycles. The number of rotatable bonds is 6. The second kappa shape index (κ2) is 7.75. The number of nitrogens with one attached hydrogen (secondary N) is 1. The van der Waals surface area contributed by atoms with Crippen LogP contribution >= 0.6 is 0 Å². The lowest BCUT2D eigenvalue weighted by Crippen LogP contribution is -2.50. The molecular weight excluding hydrogens is 370 g/mol. The van der Waals surface area contributed by atoms with Gasteiger partial charge in [0.15, 0.2) is 0 Å². The molecule has 1 aliphatic rings. The van der Waals surface area contributed by atoms with E-state index in [1.165, 1.54) is 36.4 Å². The Bertz CT molecular complexity index is 895. The largest absolute Gasteiger partial charge is 0.435 e. The molecule has 0 saturated heterocycles. The van der Waals surface area contributed by atoms with Gasteiger partial charge in [-0.3, -0.25) is 19.3 Å². The van der Waals surface area contributed by atoms with E-state index < -0.39 is 30.4 Å². The Hall–Kier alpha value is -3.29. The standard InChI is InChI=1S/C20H18F2N2O4/c1-11(2)16(24-18(26)14-8-3-4-9-15(14)19(24)27)17(25)23-12-6-5-7-13(10-12)28-20(21)22/h3-11,16,20H,1-2H3,(H,23,25). The first-order valence-electron chi connectivity index (χ1n) is 8.62. The molecule has 2 aromatic carbocycles. The summed E-state index contributed by atoms with van der Waals surface area (Å²) in [6, 6.07) is 10.8. The van der Waals surface area contributed by atoms with Gasteiger partial charge in [0, 0.05) is 11.8 Å². The minimum atomic E-state index is -2.99. The highest BCUT2D eigenvalue weighted by Gasteiger charge is 2.43. The van der Waals surface area contributed by atoms with Crippen LogP contribution in [0, 0.1) is 5.92 Å². The Labute approximate surface area is 160 Å². The van der Waals surface area contributed by atoms with Crippen LogP contribution in [0.15, 0.2) is 48.5 Å². The van der Waals surface area contributed by atoms with Gasteiger partial charge in [0.25, 0.3) is 11.8 Å². The van der Waals surface area contributed by atoms with E-state index in [0.717, 1.165) is 4.90 Å². The molecule has 0 aliphatic carbocycles. The predicted molar refractivity (Wildman–Crippen MR) is 97.3 cm³/mol. The van der Waals surface area contributed by atoms with Gasteiger partial charge in [0.1, 0.15) is 11.8 Å². The summed E-state index contributed by atoms with van der Waals surface area (Å²) in [6.07, 6.45) is 0. The number of amides is 3. The number of anilines is 1. The van der Waals surface area contributed by atoms with E-state index in [2.05, 4.69) is 10.1 Å². The Balaban J connectivity index is 1.85. The van der Waals surface area contributed by atoms with Crippen molar-refractivity contribution < 1.29 is 27.9 Å². The van der Waals surface area contributed by atoms with Crippen LogP contribution in [0.2, 0.25) is 0 Å². The Morgan fingerprint density at radius 3 is 2.14 bits per heavy atom. The molecule has 6 nitrogen and oxygen atoms in total. The van der Waals surface area contributed by atoms with E-state index >= 15 is 0 Å². The quantitative estimate of drug-likeness (QED) is 0.768. The van der Waals surface area contributed by atoms with Crippen LogP contribution in [0.3, 0.4) is 0 Å². The summed E-state index contributed by atoms with van der Waals surface area (Å²) in [5, 5.41) is 2.57. The van der Waals surface area contributed by atoms with Crippen molar-refractivity contribution in [3.05, 3.63) is 59.7 Å². The van der Waals surface area contributed by atoms with Crippen molar-refractivity contribution in [3.63, 3.8) is 0 Å². The van der Waals surface area contributed by atoms with Crippen LogP contribution in [-0.2, 0) is 4.79 Å². The number of benzene rings is 2. The molecule has 28 heavy (non-hydrogen) atoms. The summed E-state index contributed by atoms with van der Waals surface area (Å²) in [7, 11) is 0. The number of halogens is 2. The van der Waals surface area contributed by atoms with Gasteiger partial charge < -0.3 is 10.1 Å². The zero-order chi connectivity index (χ0) is 20.4. The van der Waals surface area contributed by atoms with Gasteiger partial charge in [0.2, 0.25) is 5.91 Å². The van der Waals surface area contributed by atoms with Gasteiger partial charge in [-0.1, -0.05) is 32.0 Å². The average Bonchev–Trinajstić information content (AvgIpc) is 2.87. The smallest absolute Gasteiger partial charge is 0.387 e. The highest BCUT2D eigenvalue weighted by Crippen LogP contribution is 2.28. The minimum Gasteiger partial charge on any atom is -0.435 e. The third-order valence-electron chi connectivity index (χ3n) is 4.33. The van der Waals surface area contributed by atoms with Crippen LogP contribution in [-0.4, -0.2) is 35.3 Å². The normalized spacial score (nSPS) is 14.4. The monoisotopic (exact) mass is 388 g/mol. The lowest BCUT2D eigenvalue weighted by atomic mass is 10.0. The molecular formula is C20H18F2N2O4. The first-order valence-corrected chi connectivity index (χ1v) is 8.62. The lowest BCUT2D eigenvalue weighted by Gasteiger charge is -2.28. The van der Waals surface area contributed by atoms with Gasteiger partial charge in [-0.05, 0) is 30.2 Å². The van der Waals surface area contributed by atoms with E-state index in [0.29, 0.717) is 0 Å². The minimum absolute atomic E-state index is 0.116. The fourth-order valence-electron chi connectivity index (χ4n) is 3.14. The number of hydrogen-bond donors (Lipinski definition) is 1.